The lowest BCUT2D eigenvalue weighted by molar-refractivity contribution is 0.354. The normalized spacial score (nSPS) is 13.8. The van der Waals surface area contributed by atoms with Gasteiger partial charge >= 0.3 is 0 Å². The van der Waals surface area contributed by atoms with Crippen molar-refractivity contribution < 1.29 is 9.47 Å². The van der Waals surface area contributed by atoms with Gasteiger partial charge in [0.25, 0.3) is 5.56 Å². The molecule has 0 aliphatic heterocycles. The second-order valence-electron chi connectivity index (χ2n) is 5.49. The molecule has 1 aliphatic carbocycles. The molecule has 0 amide bonds. The second-order valence-corrected chi connectivity index (χ2v) is 5.49. The first-order chi connectivity index (χ1) is 11.7. The number of rotatable bonds is 3. The number of hydrogen-bond donors (Lipinski definition) is 1. The standard InChI is InChI=1S/C17H16N4O3/c1-23-14-8-3-5-10(15(14)24-2)9-13-16(22)19-17-18-11-6-4-7-12(11)20-21(13)17/h3,5-6,8-9H,4,7H2,1-2H3,(H,18,19,22)/b13-9+. The number of ether oxygens (including phenoxy) is 2. The van der Waals surface area contributed by atoms with Crippen LogP contribution in [0.1, 0.15) is 17.7 Å². The predicted molar refractivity (Wildman–Crippen MR) is 88.8 cm³/mol. The van der Waals surface area contributed by atoms with Crippen molar-refractivity contribution in [3.8, 4) is 11.5 Å². The number of imidazole rings is 1. The third-order valence-corrected chi connectivity index (χ3v) is 4.07. The number of fused-ring (bicyclic) bond motifs is 2. The molecule has 0 fully saturated rings. The number of aromatic amines is 1. The van der Waals surface area contributed by atoms with Crippen LogP contribution in [0.4, 0.5) is 0 Å². The highest BCUT2D eigenvalue weighted by Crippen LogP contribution is 2.30. The largest absolute Gasteiger partial charge is 0.493 e. The molecule has 4 rings (SSSR count). The van der Waals surface area contributed by atoms with Gasteiger partial charge in [-0.3, -0.25) is 9.78 Å². The molecular weight excluding hydrogens is 308 g/mol. The third kappa shape index (κ3) is 2.17. The number of H-pyrrole nitrogens is 1. The van der Waals surface area contributed by atoms with Crippen LogP contribution >= 0.6 is 0 Å². The molecule has 7 nitrogen and oxygen atoms in total. The number of benzene rings is 1. The Morgan fingerprint density at radius 1 is 1.29 bits per heavy atom. The molecule has 0 radical (unpaired) electrons. The van der Waals surface area contributed by atoms with Crippen molar-refractivity contribution in [3.63, 3.8) is 0 Å². The summed E-state index contributed by atoms with van der Waals surface area (Å²) < 4.78 is 12.3. The minimum atomic E-state index is -0.247. The zero-order valence-corrected chi connectivity index (χ0v) is 13.4. The van der Waals surface area contributed by atoms with E-state index in [1.807, 2.05) is 18.2 Å². The molecule has 1 aliphatic rings. The van der Waals surface area contributed by atoms with Crippen LogP contribution in [0, 0.1) is 0 Å². The van der Waals surface area contributed by atoms with Crippen LogP contribution in [0.15, 0.2) is 23.0 Å². The Kier molecular flexibility index (Phi) is 3.34. The molecule has 3 aromatic rings. The van der Waals surface area contributed by atoms with Gasteiger partial charge in [-0.05, 0) is 25.0 Å². The lowest BCUT2D eigenvalue weighted by Gasteiger charge is -2.09. The molecule has 24 heavy (non-hydrogen) atoms. The molecule has 1 N–H and O–H groups in total. The molecule has 2 heterocycles. The van der Waals surface area contributed by atoms with E-state index in [4.69, 9.17) is 9.47 Å². The first kappa shape index (κ1) is 14.5. The summed E-state index contributed by atoms with van der Waals surface area (Å²) in [4.78, 5) is 19.6. The van der Waals surface area contributed by atoms with Crippen molar-refractivity contribution in [3.05, 3.63) is 50.5 Å². The maximum absolute atomic E-state index is 12.4. The van der Waals surface area contributed by atoms with Crippen molar-refractivity contribution in [1.29, 1.82) is 0 Å². The van der Waals surface area contributed by atoms with Gasteiger partial charge in [-0.1, -0.05) is 18.2 Å². The molecular formula is C17H16N4O3. The smallest absolute Gasteiger partial charge is 0.276 e. The summed E-state index contributed by atoms with van der Waals surface area (Å²) in [7, 11) is 3.14. The Hall–Kier alpha value is -3.09. The molecule has 122 valence electrons. The Morgan fingerprint density at radius 2 is 2.17 bits per heavy atom. The first-order valence-electron chi connectivity index (χ1n) is 7.62. The number of aryl methyl sites for hydroxylation is 1. The maximum Gasteiger partial charge on any atom is 0.276 e. The van der Waals surface area contributed by atoms with E-state index in [1.54, 1.807) is 30.9 Å². The lowest BCUT2D eigenvalue weighted by atomic mass is 10.1. The Morgan fingerprint density at radius 3 is 2.96 bits per heavy atom. The number of para-hydroxylation sites is 1. The fraction of sp³-hybridized carbons (Fsp3) is 0.235. The van der Waals surface area contributed by atoms with E-state index in [9.17, 15) is 4.79 Å². The number of methoxy groups -OCH3 is 2. The van der Waals surface area contributed by atoms with Crippen LogP contribution in [-0.4, -0.2) is 33.8 Å². The zero-order chi connectivity index (χ0) is 16.7. The number of hydrogen-bond acceptors (Lipinski definition) is 5. The number of nitrogens with one attached hydrogen (secondary N) is 1. The predicted octanol–water partition coefficient (Wildman–Crippen LogP) is -0.00970. The van der Waals surface area contributed by atoms with Gasteiger partial charge < -0.3 is 9.47 Å². The van der Waals surface area contributed by atoms with Crippen molar-refractivity contribution in [2.24, 2.45) is 0 Å². The molecule has 0 spiro atoms. The molecule has 7 heteroatoms. The average Bonchev–Trinajstić information content (AvgIpc) is 3.16. The lowest BCUT2D eigenvalue weighted by Crippen LogP contribution is -2.28. The summed E-state index contributed by atoms with van der Waals surface area (Å²) in [6, 6.07) is 5.50. The van der Waals surface area contributed by atoms with Crippen molar-refractivity contribution >= 4 is 17.9 Å². The number of aromatic nitrogens is 4. The highest BCUT2D eigenvalue weighted by molar-refractivity contribution is 5.62. The van der Waals surface area contributed by atoms with Crippen LogP contribution in [0.5, 0.6) is 11.5 Å². The van der Waals surface area contributed by atoms with E-state index in [-0.39, 0.29) is 5.56 Å². The first-order valence-corrected chi connectivity index (χ1v) is 7.62. The topological polar surface area (TPSA) is 81.5 Å². The van der Waals surface area contributed by atoms with Crippen LogP contribution in [0.2, 0.25) is 0 Å². The summed E-state index contributed by atoms with van der Waals surface area (Å²) in [6.07, 6.45) is 5.52. The second kappa shape index (κ2) is 5.52. The van der Waals surface area contributed by atoms with Gasteiger partial charge in [0.05, 0.1) is 25.3 Å². The van der Waals surface area contributed by atoms with Crippen molar-refractivity contribution in [1.82, 2.24) is 19.6 Å². The van der Waals surface area contributed by atoms with E-state index in [2.05, 4.69) is 15.1 Å². The van der Waals surface area contributed by atoms with Crippen LogP contribution in [-0.2, 0) is 6.42 Å². The fourth-order valence-corrected chi connectivity index (χ4v) is 2.94. The molecule has 0 saturated heterocycles. The average molecular weight is 324 g/mol. The minimum Gasteiger partial charge on any atom is -0.493 e. The molecule has 0 atom stereocenters. The Bertz CT molecular complexity index is 1110. The van der Waals surface area contributed by atoms with Gasteiger partial charge in [-0.15, -0.1) is 0 Å². The number of nitrogens with zero attached hydrogens (tertiary/aromatic N) is 3. The Labute approximate surface area is 136 Å². The van der Waals surface area contributed by atoms with Gasteiger partial charge in [0, 0.05) is 5.56 Å². The molecule has 0 unspecified atom stereocenters. The summed E-state index contributed by atoms with van der Waals surface area (Å²) in [5, 5.41) is 5.81. The van der Waals surface area contributed by atoms with Crippen molar-refractivity contribution in [2.75, 3.05) is 14.2 Å². The van der Waals surface area contributed by atoms with Gasteiger partial charge in [0.1, 0.15) is 5.35 Å². The van der Waals surface area contributed by atoms with Gasteiger partial charge in [0.15, 0.2) is 11.5 Å². The van der Waals surface area contributed by atoms with Crippen LogP contribution in [0.3, 0.4) is 0 Å². The summed E-state index contributed by atoms with van der Waals surface area (Å²) in [5.74, 6) is 1.60. The van der Waals surface area contributed by atoms with E-state index < -0.39 is 0 Å². The van der Waals surface area contributed by atoms with Crippen LogP contribution in [0.25, 0.3) is 17.9 Å². The zero-order valence-electron chi connectivity index (χ0n) is 13.4. The fourth-order valence-electron chi connectivity index (χ4n) is 2.94. The van der Waals surface area contributed by atoms with Gasteiger partial charge in [0.2, 0.25) is 5.78 Å². The van der Waals surface area contributed by atoms with E-state index in [0.29, 0.717) is 22.6 Å². The molecule has 0 saturated carbocycles. The summed E-state index contributed by atoms with van der Waals surface area (Å²) in [6.45, 7) is 0. The highest BCUT2D eigenvalue weighted by atomic mass is 16.5. The monoisotopic (exact) mass is 324 g/mol. The van der Waals surface area contributed by atoms with E-state index in [1.165, 1.54) is 0 Å². The molecule has 2 aromatic heterocycles. The third-order valence-electron chi connectivity index (χ3n) is 4.07. The van der Waals surface area contributed by atoms with Crippen molar-refractivity contribution in [2.45, 2.75) is 12.8 Å². The maximum atomic E-state index is 12.4. The van der Waals surface area contributed by atoms with Gasteiger partial charge in [-0.2, -0.15) is 9.61 Å². The molecule has 1 aromatic carbocycles. The van der Waals surface area contributed by atoms with Crippen LogP contribution < -0.4 is 25.7 Å². The summed E-state index contributed by atoms with van der Waals surface area (Å²) >= 11 is 0. The molecule has 0 bridgehead atoms. The minimum absolute atomic E-state index is 0.247. The SMILES string of the molecule is COc1cccc(/C=c2\c(=O)[nH]c3nc4c(nn23)CCC=4)c1OC. The quantitative estimate of drug-likeness (QED) is 0.733. The van der Waals surface area contributed by atoms with E-state index in [0.717, 1.165) is 29.4 Å². The highest BCUT2D eigenvalue weighted by Gasteiger charge is 2.13. The van der Waals surface area contributed by atoms with Gasteiger partial charge in [-0.25, -0.2) is 4.98 Å². The van der Waals surface area contributed by atoms with E-state index >= 15 is 0 Å². The Balaban J connectivity index is 2.01. The summed E-state index contributed by atoms with van der Waals surface area (Å²) in [5.41, 5.74) is 1.39.